The van der Waals surface area contributed by atoms with Crippen LogP contribution in [-0.4, -0.2) is 23.9 Å². The Balaban J connectivity index is 1.49. The number of ether oxygens (including phenoxy) is 1. The van der Waals surface area contributed by atoms with E-state index in [0.717, 1.165) is 37.2 Å². The molecule has 0 unspecified atom stereocenters. The van der Waals surface area contributed by atoms with Crippen LogP contribution in [0.15, 0.2) is 23.1 Å². The Labute approximate surface area is 171 Å². The van der Waals surface area contributed by atoms with Crippen molar-refractivity contribution in [2.45, 2.75) is 69.9 Å². The maximum absolute atomic E-state index is 12.4. The van der Waals surface area contributed by atoms with E-state index in [1.807, 2.05) is 4.57 Å². The van der Waals surface area contributed by atoms with Crippen LogP contribution in [-0.2, 0) is 32.7 Å². The molecule has 2 fully saturated rings. The lowest BCUT2D eigenvalue weighted by atomic mass is 9.86. The van der Waals surface area contributed by atoms with E-state index in [1.54, 1.807) is 6.07 Å². The summed E-state index contributed by atoms with van der Waals surface area (Å²) in [5.41, 5.74) is 1.37. The number of fused-ring (bicyclic) bond motifs is 3. The Morgan fingerprint density at radius 3 is 2.79 bits per heavy atom. The van der Waals surface area contributed by atoms with Gasteiger partial charge in [0, 0.05) is 13.0 Å². The molecule has 2 aliphatic rings. The Morgan fingerprint density at radius 2 is 2.14 bits per heavy atom. The number of nitrogens with zero attached hydrogens (tertiary/aromatic N) is 2. The van der Waals surface area contributed by atoms with Gasteiger partial charge in [0.05, 0.1) is 15.9 Å². The molecule has 0 saturated heterocycles. The smallest absolute Gasteiger partial charge is 0.306 e. The van der Waals surface area contributed by atoms with Gasteiger partial charge in [0.25, 0.3) is 0 Å². The predicted octanol–water partition coefficient (Wildman–Crippen LogP) is 3.35. The van der Waals surface area contributed by atoms with Gasteiger partial charge in [-0.2, -0.15) is 0 Å². The summed E-state index contributed by atoms with van der Waals surface area (Å²) >= 11 is 0. The summed E-state index contributed by atoms with van der Waals surface area (Å²) in [7, 11) is -3.79. The number of imidazole rings is 1. The molecule has 0 spiro atoms. The first-order valence-electron chi connectivity index (χ1n) is 10.5. The van der Waals surface area contributed by atoms with Gasteiger partial charge in [-0.1, -0.05) is 19.8 Å². The van der Waals surface area contributed by atoms with Crippen molar-refractivity contribution in [1.29, 1.82) is 0 Å². The van der Waals surface area contributed by atoms with Crippen molar-refractivity contribution < 1.29 is 17.9 Å². The molecule has 3 atom stereocenters. The highest BCUT2D eigenvalue weighted by Gasteiger charge is 2.40. The summed E-state index contributed by atoms with van der Waals surface area (Å²) in [6.45, 7) is 2.94. The lowest BCUT2D eigenvalue weighted by molar-refractivity contribution is -0.146. The molecule has 1 heterocycles. The number of aromatic nitrogens is 2. The van der Waals surface area contributed by atoms with Gasteiger partial charge in [0.15, 0.2) is 0 Å². The van der Waals surface area contributed by atoms with Gasteiger partial charge < -0.3 is 9.30 Å². The number of hydrogen-bond donors (Lipinski definition) is 1. The number of benzene rings is 1. The van der Waals surface area contributed by atoms with Gasteiger partial charge in [0.2, 0.25) is 10.0 Å². The van der Waals surface area contributed by atoms with Crippen molar-refractivity contribution in [3.63, 3.8) is 0 Å². The third-order valence-corrected chi connectivity index (χ3v) is 7.45. The van der Waals surface area contributed by atoms with E-state index in [4.69, 9.17) is 9.88 Å². The molecule has 0 aliphatic heterocycles. The average molecular weight is 420 g/mol. The topological polar surface area (TPSA) is 104 Å². The molecule has 4 rings (SSSR count). The number of rotatable bonds is 8. The van der Waals surface area contributed by atoms with Crippen molar-refractivity contribution in [3.05, 3.63) is 24.0 Å². The first-order chi connectivity index (χ1) is 13.8. The van der Waals surface area contributed by atoms with Gasteiger partial charge in [-0.25, -0.2) is 18.5 Å². The fraction of sp³-hybridized carbons (Fsp3) is 0.619. The second kappa shape index (κ2) is 8.07. The molecule has 29 heavy (non-hydrogen) atoms. The zero-order chi connectivity index (χ0) is 20.6. The van der Waals surface area contributed by atoms with E-state index in [1.165, 1.54) is 31.4 Å². The van der Waals surface area contributed by atoms with E-state index in [-0.39, 0.29) is 17.5 Å². The summed E-state index contributed by atoms with van der Waals surface area (Å²) in [6, 6.07) is 4.69. The average Bonchev–Trinajstić information content (AvgIpc) is 3.37. The van der Waals surface area contributed by atoms with E-state index >= 15 is 0 Å². The lowest BCUT2D eigenvalue weighted by Crippen LogP contribution is -2.17. The zero-order valence-electron chi connectivity index (χ0n) is 16.8. The largest absolute Gasteiger partial charge is 0.457 e. The van der Waals surface area contributed by atoms with Crippen molar-refractivity contribution in [1.82, 2.24) is 9.55 Å². The maximum Gasteiger partial charge on any atom is 0.306 e. The number of esters is 1. The van der Waals surface area contributed by atoms with Crippen LogP contribution in [0, 0.1) is 17.8 Å². The predicted molar refractivity (Wildman–Crippen MR) is 109 cm³/mol. The van der Waals surface area contributed by atoms with Crippen molar-refractivity contribution in [2.75, 3.05) is 0 Å². The highest BCUT2D eigenvalue weighted by atomic mass is 32.2. The Kier molecular flexibility index (Phi) is 5.66. The van der Waals surface area contributed by atoms with Crippen LogP contribution in [0.3, 0.4) is 0 Å². The Hall–Kier alpha value is -1.93. The third kappa shape index (κ3) is 4.33. The fourth-order valence-electron chi connectivity index (χ4n) is 5.06. The second-order valence-electron chi connectivity index (χ2n) is 8.53. The van der Waals surface area contributed by atoms with Gasteiger partial charge in [-0.15, -0.1) is 0 Å². The van der Waals surface area contributed by atoms with Crippen LogP contribution in [0.1, 0.15) is 57.7 Å². The quantitative estimate of drug-likeness (QED) is 0.661. The van der Waals surface area contributed by atoms with Crippen molar-refractivity contribution in [3.8, 4) is 0 Å². The molecule has 2 aliphatic carbocycles. The highest BCUT2D eigenvalue weighted by Crippen LogP contribution is 2.49. The maximum atomic E-state index is 12.4. The van der Waals surface area contributed by atoms with E-state index in [0.29, 0.717) is 29.6 Å². The normalized spacial score (nSPS) is 23.7. The van der Waals surface area contributed by atoms with Crippen LogP contribution in [0.2, 0.25) is 0 Å². The van der Waals surface area contributed by atoms with Gasteiger partial charge in [0.1, 0.15) is 12.4 Å². The molecule has 1 aromatic heterocycles. The Bertz CT molecular complexity index is 1010. The number of unbranched alkanes of at least 4 members (excludes halogenated alkanes) is 1. The number of sulfonamides is 1. The highest BCUT2D eigenvalue weighted by molar-refractivity contribution is 7.89. The zero-order valence-corrected chi connectivity index (χ0v) is 17.7. The number of carbonyl (C=O) groups excluding carboxylic acids is 1. The monoisotopic (exact) mass is 419 g/mol. The number of primary sulfonamides is 1. The molecule has 2 aromatic rings. The SMILES string of the molecule is CCCCn1c(COC(=O)C[C@@H]2C[C@@H]3CC[C@@H]2C3)nc2cc(S(N)(=O)=O)ccc21. The number of aryl methyl sites for hydroxylation is 1. The van der Waals surface area contributed by atoms with Crippen molar-refractivity contribution in [2.24, 2.45) is 22.9 Å². The van der Waals surface area contributed by atoms with Crippen LogP contribution in [0.5, 0.6) is 0 Å². The van der Waals surface area contributed by atoms with Crippen LogP contribution in [0.4, 0.5) is 0 Å². The summed E-state index contributed by atoms with van der Waals surface area (Å²) < 4.78 is 30.9. The van der Waals surface area contributed by atoms with E-state index in [9.17, 15) is 13.2 Å². The number of nitrogens with two attached hydrogens (primary N) is 1. The number of carbonyl (C=O) groups is 1. The summed E-state index contributed by atoms with van der Waals surface area (Å²) in [5.74, 6) is 2.45. The molecule has 0 radical (unpaired) electrons. The molecule has 158 valence electrons. The second-order valence-corrected chi connectivity index (χ2v) is 10.1. The van der Waals surface area contributed by atoms with Gasteiger partial charge in [-0.05, 0) is 61.6 Å². The minimum absolute atomic E-state index is 0.0324. The molecule has 7 nitrogen and oxygen atoms in total. The first-order valence-corrected chi connectivity index (χ1v) is 12.1. The van der Waals surface area contributed by atoms with Crippen molar-refractivity contribution >= 4 is 27.0 Å². The van der Waals surface area contributed by atoms with Crippen LogP contribution < -0.4 is 5.14 Å². The molecule has 8 heteroatoms. The Morgan fingerprint density at radius 1 is 1.31 bits per heavy atom. The molecular weight excluding hydrogens is 390 g/mol. The van der Waals surface area contributed by atoms with Crippen LogP contribution in [0.25, 0.3) is 11.0 Å². The molecular formula is C21H29N3O4S. The molecule has 2 N–H and O–H groups in total. The minimum atomic E-state index is -3.79. The van der Waals surface area contributed by atoms with E-state index < -0.39 is 10.0 Å². The summed E-state index contributed by atoms with van der Waals surface area (Å²) in [5, 5.41) is 5.24. The van der Waals surface area contributed by atoms with Gasteiger partial charge >= 0.3 is 5.97 Å². The van der Waals surface area contributed by atoms with Crippen LogP contribution >= 0.6 is 0 Å². The van der Waals surface area contributed by atoms with E-state index in [2.05, 4.69) is 11.9 Å². The first kappa shape index (κ1) is 20.3. The number of hydrogen-bond acceptors (Lipinski definition) is 5. The summed E-state index contributed by atoms with van der Waals surface area (Å²) in [6.07, 6.45) is 7.46. The summed E-state index contributed by atoms with van der Waals surface area (Å²) in [4.78, 5) is 17.0. The molecule has 2 saturated carbocycles. The molecule has 2 bridgehead atoms. The fourth-order valence-corrected chi connectivity index (χ4v) is 5.59. The van der Waals surface area contributed by atoms with Gasteiger partial charge in [-0.3, -0.25) is 4.79 Å². The lowest BCUT2D eigenvalue weighted by Gasteiger charge is -2.20. The minimum Gasteiger partial charge on any atom is -0.457 e. The molecule has 0 amide bonds. The molecule has 1 aromatic carbocycles. The standard InChI is InChI=1S/C21H29N3O4S/c1-2-3-8-24-19-7-6-17(29(22,26)27)12-18(19)23-20(24)13-28-21(25)11-16-10-14-4-5-15(16)9-14/h6-7,12,14-16H,2-5,8-11,13H2,1H3,(H2,22,26,27)/t14-,15-,16+/m1/s1. The third-order valence-electron chi connectivity index (χ3n) is 6.54.